The van der Waals surface area contributed by atoms with Crippen LogP contribution < -0.4 is 10.6 Å². The van der Waals surface area contributed by atoms with E-state index in [9.17, 15) is 9.59 Å². The standard InChI is InChI=1S/C14H16N2O2/c15-10-5-1-2-6-11(10)16-12(17)9-14(13(16)18)7-3-4-8-14/h1-2,5-6H,3-4,7-9,15H2. The van der Waals surface area contributed by atoms with Crippen molar-refractivity contribution in [3.63, 3.8) is 0 Å². The van der Waals surface area contributed by atoms with Crippen LogP contribution in [0.15, 0.2) is 24.3 Å². The van der Waals surface area contributed by atoms with Gasteiger partial charge in [0.05, 0.1) is 16.8 Å². The molecular weight excluding hydrogens is 228 g/mol. The maximum absolute atomic E-state index is 12.5. The summed E-state index contributed by atoms with van der Waals surface area (Å²) in [4.78, 5) is 26.0. The lowest BCUT2D eigenvalue weighted by Gasteiger charge is -2.21. The fraction of sp³-hybridized carbons (Fsp3) is 0.429. The maximum atomic E-state index is 12.5. The van der Waals surface area contributed by atoms with Gasteiger partial charge in [0, 0.05) is 6.42 Å². The number of anilines is 2. The lowest BCUT2D eigenvalue weighted by Crippen LogP contribution is -2.34. The minimum absolute atomic E-state index is 0.0529. The van der Waals surface area contributed by atoms with Crippen LogP contribution in [0.3, 0.4) is 0 Å². The van der Waals surface area contributed by atoms with E-state index in [4.69, 9.17) is 5.73 Å². The molecule has 2 N–H and O–H groups in total. The highest BCUT2D eigenvalue weighted by Gasteiger charge is 2.53. The van der Waals surface area contributed by atoms with Crippen LogP contribution in [0.25, 0.3) is 0 Å². The predicted molar refractivity (Wildman–Crippen MR) is 68.9 cm³/mol. The van der Waals surface area contributed by atoms with Crippen molar-refractivity contribution in [3.8, 4) is 0 Å². The van der Waals surface area contributed by atoms with Crippen molar-refractivity contribution < 1.29 is 9.59 Å². The van der Waals surface area contributed by atoms with Crippen molar-refractivity contribution in [1.29, 1.82) is 0 Å². The summed E-state index contributed by atoms with van der Waals surface area (Å²) >= 11 is 0. The van der Waals surface area contributed by atoms with Gasteiger partial charge >= 0.3 is 0 Å². The molecule has 1 aliphatic carbocycles. The monoisotopic (exact) mass is 244 g/mol. The summed E-state index contributed by atoms with van der Waals surface area (Å²) in [6, 6.07) is 7.05. The summed E-state index contributed by atoms with van der Waals surface area (Å²) < 4.78 is 0. The van der Waals surface area contributed by atoms with Gasteiger partial charge in [0.1, 0.15) is 0 Å². The van der Waals surface area contributed by atoms with Crippen molar-refractivity contribution in [2.24, 2.45) is 5.41 Å². The number of nitrogen functional groups attached to an aromatic ring is 1. The lowest BCUT2D eigenvalue weighted by atomic mass is 9.84. The largest absolute Gasteiger partial charge is 0.397 e. The Bertz CT molecular complexity index is 518. The van der Waals surface area contributed by atoms with E-state index in [0.717, 1.165) is 25.7 Å². The first-order valence-corrected chi connectivity index (χ1v) is 6.36. The Balaban J connectivity index is 2.01. The average Bonchev–Trinajstić information content (AvgIpc) is 2.89. The normalized spacial score (nSPS) is 22.1. The first-order chi connectivity index (χ1) is 8.64. The summed E-state index contributed by atoms with van der Waals surface area (Å²) in [6.07, 6.45) is 4.09. The minimum atomic E-state index is -0.431. The van der Waals surface area contributed by atoms with E-state index in [2.05, 4.69) is 0 Å². The van der Waals surface area contributed by atoms with Crippen LogP contribution in [0.2, 0.25) is 0 Å². The number of hydrogen-bond donors (Lipinski definition) is 1. The molecule has 2 fully saturated rings. The van der Waals surface area contributed by atoms with Gasteiger partial charge in [-0.05, 0) is 25.0 Å². The number of imide groups is 1. The summed E-state index contributed by atoms with van der Waals surface area (Å²) in [5, 5.41) is 0. The zero-order chi connectivity index (χ0) is 12.8. The SMILES string of the molecule is Nc1ccccc1N1C(=O)CC2(CCCC2)C1=O. The molecule has 1 spiro atoms. The van der Waals surface area contributed by atoms with Crippen LogP contribution in [0.1, 0.15) is 32.1 Å². The highest BCUT2D eigenvalue weighted by Crippen LogP contribution is 2.48. The van der Waals surface area contributed by atoms with E-state index in [1.54, 1.807) is 24.3 Å². The summed E-state index contributed by atoms with van der Waals surface area (Å²) in [5.74, 6) is -0.164. The van der Waals surface area contributed by atoms with Crippen LogP contribution in [0.5, 0.6) is 0 Å². The second kappa shape index (κ2) is 3.83. The fourth-order valence-electron chi connectivity index (χ4n) is 3.17. The summed E-state index contributed by atoms with van der Waals surface area (Å²) in [5.41, 5.74) is 6.45. The van der Waals surface area contributed by atoms with Gasteiger partial charge in [0.2, 0.25) is 11.8 Å². The smallest absolute Gasteiger partial charge is 0.240 e. The highest BCUT2D eigenvalue weighted by molar-refractivity contribution is 6.23. The third-order valence-corrected chi connectivity index (χ3v) is 4.13. The Morgan fingerprint density at radius 3 is 2.44 bits per heavy atom. The van der Waals surface area contributed by atoms with Gasteiger partial charge in [0.15, 0.2) is 0 Å². The van der Waals surface area contributed by atoms with E-state index >= 15 is 0 Å². The van der Waals surface area contributed by atoms with Crippen LogP contribution in [-0.4, -0.2) is 11.8 Å². The molecule has 0 aromatic heterocycles. The molecule has 1 aromatic carbocycles. The summed E-state index contributed by atoms with van der Waals surface area (Å²) in [7, 11) is 0. The number of nitrogens with zero attached hydrogens (tertiary/aromatic N) is 1. The number of nitrogens with two attached hydrogens (primary N) is 1. The second-order valence-corrected chi connectivity index (χ2v) is 5.26. The van der Waals surface area contributed by atoms with Gasteiger partial charge in [-0.1, -0.05) is 25.0 Å². The molecule has 2 aliphatic rings. The number of carbonyl (C=O) groups is 2. The molecule has 2 amide bonds. The molecular formula is C14H16N2O2. The van der Waals surface area contributed by atoms with Crippen LogP contribution in [-0.2, 0) is 9.59 Å². The molecule has 4 heteroatoms. The molecule has 0 atom stereocenters. The number of hydrogen-bond acceptors (Lipinski definition) is 3. The van der Waals surface area contributed by atoms with Gasteiger partial charge in [-0.2, -0.15) is 0 Å². The van der Waals surface area contributed by atoms with Crippen molar-refractivity contribution in [2.45, 2.75) is 32.1 Å². The third-order valence-electron chi connectivity index (χ3n) is 4.13. The van der Waals surface area contributed by atoms with E-state index in [-0.39, 0.29) is 11.8 Å². The predicted octanol–water partition coefficient (Wildman–Crippen LogP) is 2.09. The Morgan fingerprint density at radius 1 is 1.11 bits per heavy atom. The third kappa shape index (κ3) is 1.45. The molecule has 1 saturated carbocycles. The zero-order valence-electron chi connectivity index (χ0n) is 10.2. The molecule has 1 aliphatic heterocycles. The van der Waals surface area contributed by atoms with Crippen molar-refractivity contribution >= 4 is 23.2 Å². The van der Waals surface area contributed by atoms with Crippen LogP contribution in [0, 0.1) is 5.41 Å². The fourth-order valence-corrected chi connectivity index (χ4v) is 3.17. The molecule has 18 heavy (non-hydrogen) atoms. The topological polar surface area (TPSA) is 63.4 Å². The van der Waals surface area contributed by atoms with Gasteiger partial charge < -0.3 is 5.73 Å². The molecule has 94 valence electrons. The molecule has 0 radical (unpaired) electrons. The number of benzene rings is 1. The quantitative estimate of drug-likeness (QED) is 0.607. The van der Waals surface area contributed by atoms with Gasteiger partial charge in [0.25, 0.3) is 0 Å². The average molecular weight is 244 g/mol. The molecule has 0 bridgehead atoms. The second-order valence-electron chi connectivity index (χ2n) is 5.26. The van der Waals surface area contributed by atoms with E-state index < -0.39 is 5.41 Å². The molecule has 0 unspecified atom stereocenters. The summed E-state index contributed by atoms with van der Waals surface area (Å²) in [6.45, 7) is 0. The first kappa shape index (κ1) is 11.3. The van der Waals surface area contributed by atoms with E-state index in [1.807, 2.05) is 0 Å². The van der Waals surface area contributed by atoms with Gasteiger partial charge in [-0.25, -0.2) is 4.90 Å². The highest BCUT2D eigenvalue weighted by atomic mass is 16.2. The lowest BCUT2D eigenvalue weighted by molar-refractivity contribution is -0.125. The van der Waals surface area contributed by atoms with E-state index in [1.165, 1.54) is 4.90 Å². The minimum Gasteiger partial charge on any atom is -0.397 e. The van der Waals surface area contributed by atoms with Crippen LogP contribution in [0.4, 0.5) is 11.4 Å². The van der Waals surface area contributed by atoms with Gasteiger partial charge in [-0.3, -0.25) is 9.59 Å². The maximum Gasteiger partial charge on any atom is 0.240 e. The molecule has 3 rings (SSSR count). The van der Waals surface area contributed by atoms with Gasteiger partial charge in [-0.15, -0.1) is 0 Å². The van der Waals surface area contributed by atoms with E-state index in [0.29, 0.717) is 17.8 Å². The van der Waals surface area contributed by atoms with Crippen molar-refractivity contribution in [1.82, 2.24) is 0 Å². The Morgan fingerprint density at radius 2 is 1.78 bits per heavy atom. The number of rotatable bonds is 1. The molecule has 1 aromatic rings. The molecule has 1 heterocycles. The molecule has 1 saturated heterocycles. The molecule has 4 nitrogen and oxygen atoms in total. The van der Waals surface area contributed by atoms with Crippen molar-refractivity contribution in [2.75, 3.05) is 10.6 Å². The van der Waals surface area contributed by atoms with Crippen molar-refractivity contribution in [3.05, 3.63) is 24.3 Å². The number of amides is 2. The number of para-hydroxylation sites is 2. The zero-order valence-corrected chi connectivity index (χ0v) is 10.2. The Kier molecular flexibility index (Phi) is 2.40. The first-order valence-electron chi connectivity index (χ1n) is 6.36. The Hall–Kier alpha value is -1.84. The van der Waals surface area contributed by atoms with Crippen LogP contribution >= 0.6 is 0 Å². The Labute approximate surface area is 106 Å². The number of carbonyl (C=O) groups excluding carboxylic acids is 2.